The zero-order valence-corrected chi connectivity index (χ0v) is 11.4. The number of amides is 1. The van der Waals surface area contributed by atoms with Gasteiger partial charge in [0.25, 0.3) is 0 Å². The molecule has 0 spiro atoms. The molecule has 2 aromatic rings. The van der Waals surface area contributed by atoms with E-state index in [4.69, 9.17) is 9.47 Å². The molecule has 20 heavy (non-hydrogen) atoms. The van der Waals surface area contributed by atoms with Gasteiger partial charge in [0.15, 0.2) is 16.7 Å². The Kier molecular flexibility index (Phi) is 3.46. The van der Waals surface area contributed by atoms with E-state index in [9.17, 15) is 4.79 Å². The fourth-order valence-corrected chi connectivity index (χ4v) is 2.40. The smallest absolute Gasteiger partial charge is 0.237 e. The number of aromatic nitrogens is 3. The van der Waals surface area contributed by atoms with E-state index >= 15 is 0 Å². The number of anilines is 1. The fraction of sp³-hybridized carbons (Fsp3) is 0.250. The summed E-state index contributed by atoms with van der Waals surface area (Å²) in [5, 5.41) is 9.58. The number of carbonyl (C=O) groups is 1. The minimum Gasteiger partial charge on any atom is -0.454 e. The number of hydrogen-bond donors (Lipinski definition) is 2. The third-order valence-electron chi connectivity index (χ3n) is 2.69. The molecule has 8 heteroatoms. The molecular weight excluding hydrogens is 280 g/mol. The van der Waals surface area contributed by atoms with Gasteiger partial charge in [-0.1, -0.05) is 11.8 Å². The van der Waals surface area contributed by atoms with Gasteiger partial charge in [0.1, 0.15) is 6.33 Å². The van der Waals surface area contributed by atoms with E-state index in [0.29, 0.717) is 22.3 Å². The third kappa shape index (κ3) is 2.69. The molecule has 0 fully saturated rings. The van der Waals surface area contributed by atoms with Crippen LogP contribution in [0.2, 0.25) is 0 Å². The number of aromatic amines is 1. The number of hydrogen-bond acceptors (Lipinski definition) is 6. The summed E-state index contributed by atoms with van der Waals surface area (Å²) in [6, 6.07) is 5.29. The van der Waals surface area contributed by atoms with Crippen LogP contribution in [-0.2, 0) is 4.79 Å². The van der Waals surface area contributed by atoms with Crippen LogP contribution in [0.25, 0.3) is 0 Å². The Bertz CT molecular complexity index is 617. The van der Waals surface area contributed by atoms with Crippen molar-refractivity contribution in [2.24, 2.45) is 0 Å². The van der Waals surface area contributed by atoms with Crippen LogP contribution in [-0.4, -0.2) is 33.1 Å². The highest BCUT2D eigenvalue weighted by atomic mass is 32.2. The number of nitrogens with one attached hydrogen (secondary N) is 2. The zero-order valence-electron chi connectivity index (χ0n) is 10.6. The maximum atomic E-state index is 12.1. The Morgan fingerprint density at radius 1 is 1.45 bits per heavy atom. The van der Waals surface area contributed by atoms with Crippen molar-refractivity contribution in [2.75, 3.05) is 12.1 Å². The largest absolute Gasteiger partial charge is 0.454 e. The van der Waals surface area contributed by atoms with Gasteiger partial charge in [0.05, 0.1) is 5.25 Å². The van der Waals surface area contributed by atoms with Crippen LogP contribution < -0.4 is 14.8 Å². The number of thioether (sulfide) groups is 1. The number of H-pyrrole nitrogens is 1. The molecule has 1 aliphatic rings. The lowest BCUT2D eigenvalue weighted by Gasteiger charge is -2.10. The molecule has 2 N–H and O–H groups in total. The maximum absolute atomic E-state index is 12.1. The Balaban J connectivity index is 1.63. The average molecular weight is 292 g/mol. The summed E-state index contributed by atoms with van der Waals surface area (Å²) < 4.78 is 10.5. The molecule has 104 valence electrons. The van der Waals surface area contributed by atoms with Gasteiger partial charge >= 0.3 is 0 Å². The van der Waals surface area contributed by atoms with Crippen LogP contribution in [0, 0.1) is 0 Å². The van der Waals surface area contributed by atoms with Crippen LogP contribution >= 0.6 is 11.8 Å². The van der Waals surface area contributed by atoms with E-state index in [1.165, 1.54) is 18.1 Å². The van der Waals surface area contributed by atoms with Crippen LogP contribution in [0.5, 0.6) is 11.5 Å². The predicted octanol–water partition coefficient (Wildman–Crippen LogP) is 1.65. The van der Waals surface area contributed by atoms with E-state index in [-0.39, 0.29) is 18.0 Å². The second-order valence-electron chi connectivity index (χ2n) is 4.11. The van der Waals surface area contributed by atoms with Crippen molar-refractivity contribution in [3.8, 4) is 11.5 Å². The molecule has 0 saturated carbocycles. The molecule has 1 unspecified atom stereocenters. The van der Waals surface area contributed by atoms with E-state index in [1.54, 1.807) is 25.1 Å². The van der Waals surface area contributed by atoms with Crippen LogP contribution in [0.1, 0.15) is 6.92 Å². The number of carbonyl (C=O) groups excluding carboxylic acids is 1. The zero-order chi connectivity index (χ0) is 13.9. The lowest BCUT2D eigenvalue weighted by molar-refractivity contribution is -0.115. The molecule has 1 aliphatic heterocycles. The molecule has 0 radical (unpaired) electrons. The fourth-order valence-electron chi connectivity index (χ4n) is 1.69. The minimum absolute atomic E-state index is 0.120. The molecule has 1 atom stereocenters. The number of ether oxygens (including phenoxy) is 2. The molecule has 7 nitrogen and oxygen atoms in total. The van der Waals surface area contributed by atoms with Crippen LogP contribution in [0.3, 0.4) is 0 Å². The standard InChI is InChI=1S/C12H12N4O3S/c1-7(20-12-13-5-14-16-12)11(17)15-8-2-3-9-10(4-8)19-6-18-9/h2-5,7H,6H2,1H3,(H,15,17)(H,13,14,16). The van der Waals surface area contributed by atoms with Crippen molar-refractivity contribution < 1.29 is 14.3 Å². The minimum atomic E-state index is -0.298. The maximum Gasteiger partial charge on any atom is 0.237 e. The highest BCUT2D eigenvalue weighted by molar-refractivity contribution is 8.00. The molecule has 0 saturated heterocycles. The first-order valence-electron chi connectivity index (χ1n) is 5.95. The van der Waals surface area contributed by atoms with Gasteiger partial charge in [-0.2, -0.15) is 5.10 Å². The first kappa shape index (κ1) is 12.8. The molecule has 2 heterocycles. The summed E-state index contributed by atoms with van der Waals surface area (Å²) in [4.78, 5) is 16.0. The molecule has 1 aromatic heterocycles. The van der Waals surface area contributed by atoms with Crippen molar-refractivity contribution in [3.05, 3.63) is 24.5 Å². The van der Waals surface area contributed by atoms with Gasteiger partial charge < -0.3 is 14.8 Å². The van der Waals surface area contributed by atoms with Gasteiger partial charge in [0, 0.05) is 11.8 Å². The van der Waals surface area contributed by atoms with Crippen molar-refractivity contribution in [1.29, 1.82) is 0 Å². The van der Waals surface area contributed by atoms with Crippen LogP contribution in [0.15, 0.2) is 29.7 Å². The first-order valence-corrected chi connectivity index (χ1v) is 6.83. The summed E-state index contributed by atoms with van der Waals surface area (Å²) in [5.41, 5.74) is 0.671. The summed E-state index contributed by atoms with van der Waals surface area (Å²) in [6.45, 7) is 2.01. The number of benzene rings is 1. The number of rotatable bonds is 4. The molecule has 1 amide bonds. The molecule has 1 aromatic carbocycles. The van der Waals surface area contributed by atoms with Crippen molar-refractivity contribution in [2.45, 2.75) is 17.3 Å². The van der Waals surface area contributed by atoms with Gasteiger partial charge in [0.2, 0.25) is 12.7 Å². The number of nitrogens with zero attached hydrogens (tertiary/aromatic N) is 2. The quantitative estimate of drug-likeness (QED) is 0.833. The van der Waals surface area contributed by atoms with E-state index in [1.807, 2.05) is 0 Å². The van der Waals surface area contributed by atoms with Crippen molar-refractivity contribution in [3.63, 3.8) is 0 Å². The highest BCUT2D eigenvalue weighted by Crippen LogP contribution is 2.34. The Labute approximate surface area is 119 Å². The Morgan fingerprint density at radius 2 is 2.30 bits per heavy atom. The van der Waals surface area contributed by atoms with E-state index in [2.05, 4.69) is 20.5 Å². The van der Waals surface area contributed by atoms with Gasteiger partial charge in [-0.05, 0) is 19.1 Å². The summed E-state index contributed by atoms with van der Waals surface area (Å²) in [5.74, 6) is 1.20. The Morgan fingerprint density at radius 3 is 3.10 bits per heavy atom. The van der Waals surface area contributed by atoms with Crippen molar-refractivity contribution >= 4 is 23.4 Å². The van der Waals surface area contributed by atoms with E-state index < -0.39 is 0 Å². The second kappa shape index (κ2) is 5.41. The SMILES string of the molecule is CC(Sc1ncn[nH]1)C(=O)Nc1ccc2c(c1)OCO2. The van der Waals surface area contributed by atoms with Gasteiger partial charge in [-0.15, -0.1) is 0 Å². The summed E-state index contributed by atoms with van der Waals surface area (Å²) in [7, 11) is 0. The van der Waals surface area contributed by atoms with E-state index in [0.717, 1.165) is 0 Å². The lowest BCUT2D eigenvalue weighted by Crippen LogP contribution is -2.22. The normalized spacial score (nSPS) is 14.1. The Hall–Kier alpha value is -2.22. The summed E-state index contributed by atoms with van der Waals surface area (Å²) >= 11 is 1.31. The first-order chi connectivity index (χ1) is 9.72. The molecule has 0 bridgehead atoms. The average Bonchev–Trinajstić information content (AvgIpc) is 3.08. The highest BCUT2D eigenvalue weighted by Gasteiger charge is 2.18. The van der Waals surface area contributed by atoms with Crippen molar-refractivity contribution in [1.82, 2.24) is 15.2 Å². The second-order valence-corrected chi connectivity index (χ2v) is 5.44. The molecular formula is C12H12N4O3S. The third-order valence-corrected chi connectivity index (χ3v) is 3.68. The lowest BCUT2D eigenvalue weighted by atomic mass is 10.2. The molecule has 0 aliphatic carbocycles. The monoisotopic (exact) mass is 292 g/mol. The van der Waals surface area contributed by atoms with Crippen LogP contribution in [0.4, 0.5) is 5.69 Å². The van der Waals surface area contributed by atoms with Gasteiger partial charge in [-0.25, -0.2) is 4.98 Å². The topological polar surface area (TPSA) is 89.1 Å². The van der Waals surface area contributed by atoms with Gasteiger partial charge in [-0.3, -0.25) is 9.89 Å². The predicted molar refractivity (Wildman–Crippen MR) is 72.9 cm³/mol. The summed E-state index contributed by atoms with van der Waals surface area (Å²) in [6.07, 6.45) is 1.41. The molecule has 3 rings (SSSR count). The number of fused-ring (bicyclic) bond motifs is 1.